The van der Waals surface area contributed by atoms with Gasteiger partial charge in [-0.25, -0.2) is 15.0 Å². The fourth-order valence-electron chi connectivity index (χ4n) is 8.38. The molecule has 286 valence electrons. The number of aryl methyl sites for hydroxylation is 1. The van der Waals surface area contributed by atoms with Gasteiger partial charge in [0.05, 0.1) is 33.6 Å². The lowest BCUT2D eigenvalue weighted by Crippen LogP contribution is -1.96. The Bertz CT molecular complexity index is 3430. The monoisotopic (exact) mass is 779 g/mol. The van der Waals surface area contributed by atoms with Crippen LogP contribution in [0.3, 0.4) is 0 Å². The van der Waals surface area contributed by atoms with Crippen LogP contribution < -0.4 is 0 Å². The fourth-order valence-corrected chi connectivity index (χ4v) is 8.38. The number of hydrogen-bond acceptors (Lipinski definition) is 5. The molecule has 0 unspecified atom stereocenters. The second kappa shape index (κ2) is 15.2. The lowest BCUT2D eigenvalue weighted by Gasteiger charge is -2.13. The molecule has 0 saturated carbocycles. The summed E-state index contributed by atoms with van der Waals surface area (Å²) < 4.78 is 0. The van der Waals surface area contributed by atoms with E-state index < -0.39 is 0 Å². The molecule has 0 amide bonds. The van der Waals surface area contributed by atoms with E-state index in [0.29, 0.717) is 5.82 Å². The molecule has 11 rings (SSSR count). The topological polar surface area (TPSA) is 64.5 Å². The van der Waals surface area contributed by atoms with Crippen molar-refractivity contribution in [1.82, 2.24) is 24.9 Å². The molecule has 0 aliphatic rings. The Balaban J connectivity index is 0.994. The van der Waals surface area contributed by atoms with Gasteiger partial charge in [0.15, 0.2) is 5.82 Å². The summed E-state index contributed by atoms with van der Waals surface area (Å²) in [5.41, 5.74) is 17.0. The molecule has 4 aromatic heterocycles. The molecule has 11 aromatic rings. The zero-order valence-electron chi connectivity index (χ0n) is 33.4. The maximum atomic E-state index is 5.25. The summed E-state index contributed by atoms with van der Waals surface area (Å²) in [4.78, 5) is 25.4. The van der Waals surface area contributed by atoms with Crippen LogP contribution in [0.15, 0.2) is 206 Å². The summed E-state index contributed by atoms with van der Waals surface area (Å²) in [6, 6.07) is 69.8. The lowest BCUT2D eigenvalue weighted by atomic mass is 9.95. The minimum Gasteiger partial charge on any atom is -0.256 e. The van der Waals surface area contributed by atoms with Gasteiger partial charge in [-0.1, -0.05) is 158 Å². The maximum Gasteiger partial charge on any atom is 0.160 e. The SMILES string of the molecule is Cc1cc(-c2cccc(-c3cccc(-c4nc(-c5ccccc5)cc(-c5cccc(-c6cccc7cccnc67)c5)n4)c3)c2)c2ccc3ccc(-c4ccccc4)nc3c2n1. The van der Waals surface area contributed by atoms with E-state index in [-0.39, 0.29) is 0 Å². The summed E-state index contributed by atoms with van der Waals surface area (Å²) in [5, 5.41) is 3.25. The van der Waals surface area contributed by atoms with Crippen molar-refractivity contribution in [3.05, 3.63) is 212 Å². The van der Waals surface area contributed by atoms with Crippen molar-refractivity contribution in [2.24, 2.45) is 0 Å². The van der Waals surface area contributed by atoms with Gasteiger partial charge in [0.1, 0.15) is 0 Å². The van der Waals surface area contributed by atoms with Gasteiger partial charge in [0, 0.05) is 55.9 Å². The summed E-state index contributed by atoms with van der Waals surface area (Å²) in [6.45, 7) is 2.06. The van der Waals surface area contributed by atoms with E-state index in [2.05, 4.69) is 165 Å². The molecule has 0 bridgehead atoms. The Morgan fingerprint density at radius 2 is 0.869 bits per heavy atom. The van der Waals surface area contributed by atoms with Crippen molar-refractivity contribution in [3.63, 3.8) is 0 Å². The Labute approximate surface area is 353 Å². The molecule has 5 heteroatoms. The number of hydrogen-bond donors (Lipinski definition) is 0. The van der Waals surface area contributed by atoms with Gasteiger partial charge in [-0.3, -0.25) is 9.97 Å². The van der Waals surface area contributed by atoms with E-state index in [0.717, 1.165) is 111 Å². The number of pyridine rings is 3. The number of fused-ring (bicyclic) bond motifs is 4. The molecule has 7 aromatic carbocycles. The van der Waals surface area contributed by atoms with Gasteiger partial charge < -0.3 is 0 Å². The van der Waals surface area contributed by atoms with Crippen LogP contribution in [0, 0.1) is 6.92 Å². The smallest absolute Gasteiger partial charge is 0.160 e. The highest BCUT2D eigenvalue weighted by molar-refractivity contribution is 6.09. The van der Waals surface area contributed by atoms with Crippen LogP contribution in [-0.2, 0) is 0 Å². The molecule has 0 aliphatic carbocycles. The molecule has 4 heterocycles. The average molecular weight is 780 g/mol. The molecular weight excluding hydrogens is 743 g/mol. The third kappa shape index (κ3) is 6.88. The molecule has 0 aliphatic heterocycles. The van der Waals surface area contributed by atoms with Crippen LogP contribution in [-0.4, -0.2) is 24.9 Å². The summed E-state index contributed by atoms with van der Waals surface area (Å²) in [5.74, 6) is 0.664. The number of para-hydroxylation sites is 1. The van der Waals surface area contributed by atoms with E-state index >= 15 is 0 Å². The first-order chi connectivity index (χ1) is 30.1. The summed E-state index contributed by atoms with van der Waals surface area (Å²) in [7, 11) is 0. The van der Waals surface area contributed by atoms with Gasteiger partial charge in [0.25, 0.3) is 0 Å². The summed E-state index contributed by atoms with van der Waals surface area (Å²) in [6.07, 6.45) is 1.85. The van der Waals surface area contributed by atoms with Gasteiger partial charge in [0.2, 0.25) is 0 Å². The van der Waals surface area contributed by atoms with Crippen LogP contribution in [0.1, 0.15) is 5.69 Å². The molecular formula is C56H37N5. The van der Waals surface area contributed by atoms with Crippen molar-refractivity contribution in [2.75, 3.05) is 0 Å². The van der Waals surface area contributed by atoms with Crippen LogP contribution in [0.25, 0.3) is 111 Å². The first kappa shape index (κ1) is 36.0. The largest absolute Gasteiger partial charge is 0.256 e. The van der Waals surface area contributed by atoms with Crippen LogP contribution in [0.4, 0.5) is 0 Å². The van der Waals surface area contributed by atoms with Gasteiger partial charge in [-0.05, 0) is 77.2 Å². The lowest BCUT2D eigenvalue weighted by molar-refractivity contribution is 1.18. The van der Waals surface area contributed by atoms with Gasteiger partial charge in [-0.2, -0.15) is 0 Å². The minimum absolute atomic E-state index is 0.664. The predicted octanol–water partition coefficient (Wildman–Crippen LogP) is 14.1. The van der Waals surface area contributed by atoms with E-state index in [9.17, 15) is 0 Å². The Hall–Kier alpha value is -8.15. The molecule has 5 nitrogen and oxygen atoms in total. The number of rotatable bonds is 7. The molecule has 0 spiro atoms. The Kier molecular flexibility index (Phi) is 8.98. The Morgan fingerprint density at radius 3 is 1.64 bits per heavy atom. The highest BCUT2D eigenvalue weighted by atomic mass is 14.9. The second-order valence-electron chi connectivity index (χ2n) is 15.4. The van der Waals surface area contributed by atoms with Crippen LogP contribution in [0.2, 0.25) is 0 Å². The molecule has 0 saturated heterocycles. The maximum absolute atomic E-state index is 5.25. The molecule has 0 radical (unpaired) electrons. The predicted molar refractivity (Wildman–Crippen MR) is 251 cm³/mol. The number of aromatic nitrogens is 5. The van der Waals surface area contributed by atoms with Crippen molar-refractivity contribution < 1.29 is 0 Å². The summed E-state index contributed by atoms with van der Waals surface area (Å²) >= 11 is 0. The minimum atomic E-state index is 0.664. The van der Waals surface area contributed by atoms with E-state index in [1.807, 2.05) is 48.7 Å². The zero-order chi connectivity index (χ0) is 40.7. The third-order valence-electron chi connectivity index (χ3n) is 11.4. The second-order valence-corrected chi connectivity index (χ2v) is 15.4. The van der Waals surface area contributed by atoms with E-state index in [1.165, 1.54) is 0 Å². The first-order valence-electron chi connectivity index (χ1n) is 20.5. The Morgan fingerprint density at radius 1 is 0.311 bits per heavy atom. The molecule has 0 N–H and O–H groups in total. The number of nitrogens with zero attached hydrogens (tertiary/aromatic N) is 5. The highest BCUT2D eigenvalue weighted by Gasteiger charge is 2.16. The van der Waals surface area contributed by atoms with Gasteiger partial charge in [-0.15, -0.1) is 0 Å². The molecule has 61 heavy (non-hydrogen) atoms. The normalized spacial score (nSPS) is 11.4. The number of benzene rings is 7. The van der Waals surface area contributed by atoms with Crippen molar-refractivity contribution in [2.45, 2.75) is 6.92 Å². The van der Waals surface area contributed by atoms with E-state index in [4.69, 9.17) is 24.9 Å². The van der Waals surface area contributed by atoms with Crippen LogP contribution >= 0.6 is 0 Å². The van der Waals surface area contributed by atoms with Crippen LogP contribution in [0.5, 0.6) is 0 Å². The fraction of sp³-hybridized carbons (Fsp3) is 0.0179. The standard InChI is InChI=1S/C56H37N5/c1-36-31-49(48-28-26-40-27-29-50(37-13-4-2-5-14-37)59-54(40)55(48)58-36)44-21-8-18-41(32-44)42-19-9-23-46(33-42)56-60-51(38-15-6-3-7-16-38)35-52(61-56)45-22-10-20-43(34-45)47-25-11-17-39-24-12-30-57-53(39)47/h2-35H,1H3. The zero-order valence-corrected chi connectivity index (χ0v) is 33.4. The first-order valence-corrected chi connectivity index (χ1v) is 20.5. The molecule has 0 fully saturated rings. The molecule has 0 atom stereocenters. The van der Waals surface area contributed by atoms with Crippen molar-refractivity contribution >= 4 is 32.7 Å². The van der Waals surface area contributed by atoms with Gasteiger partial charge >= 0.3 is 0 Å². The van der Waals surface area contributed by atoms with Crippen molar-refractivity contribution in [1.29, 1.82) is 0 Å². The van der Waals surface area contributed by atoms with E-state index in [1.54, 1.807) is 0 Å². The third-order valence-corrected chi connectivity index (χ3v) is 11.4. The quantitative estimate of drug-likeness (QED) is 0.151. The van der Waals surface area contributed by atoms with Crippen molar-refractivity contribution in [3.8, 4) is 78.5 Å². The average Bonchev–Trinajstić information content (AvgIpc) is 3.34. The highest BCUT2D eigenvalue weighted by Crippen LogP contribution is 2.37.